The minimum atomic E-state index is -0.791. The molecule has 0 aromatic heterocycles. The fourth-order valence-corrected chi connectivity index (χ4v) is 2.16. The molecule has 0 bridgehead atoms. The van der Waals surface area contributed by atoms with Crippen molar-refractivity contribution in [1.82, 2.24) is 0 Å². The van der Waals surface area contributed by atoms with E-state index in [2.05, 4.69) is 0 Å². The number of nitrogens with two attached hydrogens (primary N) is 1. The molecule has 23 heavy (non-hydrogen) atoms. The highest BCUT2D eigenvalue weighted by atomic mass is 16.5. The monoisotopic (exact) mass is 328 g/mol. The molecule has 0 aliphatic rings. The van der Waals surface area contributed by atoms with Crippen LogP contribution >= 0.6 is 0 Å². The average Bonchev–Trinajstić information content (AvgIpc) is 2.56. The predicted octanol–water partition coefficient (Wildman–Crippen LogP) is -0.0395. The van der Waals surface area contributed by atoms with Gasteiger partial charge in [0, 0.05) is 24.8 Å². The minimum absolute atomic E-state index is 0.293. The maximum absolute atomic E-state index is 9.55. The van der Waals surface area contributed by atoms with Crippen LogP contribution in [0.3, 0.4) is 0 Å². The molecule has 0 spiro atoms. The fraction of sp³-hybridized carbons (Fsp3) is 0.625. The van der Waals surface area contributed by atoms with Gasteiger partial charge in [-0.25, -0.2) is 0 Å². The van der Waals surface area contributed by atoms with Gasteiger partial charge in [0.15, 0.2) is 0 Å². The van der Waals surface area contributed by atoms with E-state index in [4.69, 9.17) is 20.7 Å². The normalized spacial score (nSPS) is 13.6. The van der Waals surface area contributed by atoms with Gasteiger partial charge in [-0.1, -0.05) is 0 Å². The summed E-state index contributed by atoms with van der Waals surface area (Å²) in [5.41, 5.74) is 7.26. The van der Waals surface area contributed by atoms with Gasteiger partial charge in [0.2, 0.25) is 0 Å². The zero-order valence-electron chi connectivity index (χ0n) is 13.6. The molecule has 1 aromatic rings. The SMILES string of the molecule is CCOc1cc(N(CCC(O)CO)CCC(O)CO)ccc1N. The smallest absolute Gasteiger partial charge is 0.144 e. The highest BCUT2D eigenvalue weighted by Gasteiger charge is 2.14. The lowest BCUT2D eigenvalue weighted by atomic mass is 10.1. The van der Waals surface area contributed by atoms with Gasteiger partial charge in [0.25, 0.3) is 0 Å². The van der Waals surface area contributed by atoms with Crippen molar-refractivity contribution in [3.63, 3.8) is 0 Å². The molecule has 0 radical (unpaired) electrons. The summed E-state index contributed by atoms with van der Waals surface area (Å²) in [4.78, 5) is 1.96. The lowest BCUT2D eigenvalue weighted by Gasteiger charge is -2.27. The maximum Gasteiger partial charge on any atom is 0.144 e. The van der Waals surface area contributed by atoms with E-state index in [1.54, 1.807) is 6.07 Å². The zero-order valence-corrected chi connectivity index (χ0v) is 13.6. The van der Waals surface area contributed by atoms with Crippen molar-refractivity contribution in [3.8, 4) is 5.75 Å². The summed E-state index contributed by atoms with van der Waals surface area (Å²) < 4.78 is 5.49. The van der Waals surface area contributed by atoms with E-state index in [0.29, 0.717) is 44.0 Å². The van der Waals surface area contributed by atoms with Gasteiger partial charge < -0.3 is 35.8 Å². The molecule has 0 amide bonds. The van der Waals surface area contributed by atoms with Crippen LogP contribution in [0.25, 0.3) is 0 Å². The van der Waals surface area contributed by atoms with Crippen LogP contribution in [0.15, 0.2) is 18.2 Å². The van der Waals surface area contributed by atoms with Gasteiger partial charge in [0.05, 0.1) is 37.7 Å². The number of nitrogen functional groups attached to an aromatic ring is 1. The van der Waals surface area contributed by atoms with Crippen molar-refractivity contribution in [2.75, 3.05) is 43.5 Å². The van der Waals surface area contributed by atoms with E-state index < -0.39 is 12.2 Å². The minimum Gasteiger partial charge on any atom is -0.492 e. The molecule has 2 atom stereocenters. The van der Waals surface area contributed by atoms with E-state index in [9.17, 15) is 10.2 Å². The summed E-state index contributed by atoms with van der Waals surface area (Å²) in [6.07, 6.45) is -0.805. The Morgan fingerprint density at radius 1 is 1.09 bits per heavy atom. The largest absolute Gasteiger partial charge is 0.492 e. The third-order valence-electron chi connectivity index (χ3n) is 3.55. The maximum atomic E-state index is 9.55. The first-order valence-electron chi connectivity index (χ1n) is 7.86. The molecule has 0 fully saturated rings. The van der Waals surface area contributed by atoms with E-state index in [1.807, 2.05) is 24.0 Å². The van der Waals surface area contributed by atoms with Gasteiger partial charge in [-0.05, 0) is 31.9 Å². The van der Waals surface area contributed by atoms with Crippen molar-refractivity contribution in [2.24, 2.45) is 0 Å². The lowest BCUT2D eigenvalue weighted by Crippen LogP contribution is -2.31. The number of anilines is 2. The Kier molecular flexibility index (Phi) is 8.71. The van der Waals surface area contributed by atoms with Crippen molar-refractivity contribution < 1.29 is 25.2 Å². The van der Waals surface area contributed by atoms with Crippen LogP contribution in [-0.2, 0) is 0 Å². The Morgan fingerprint density at radius 3 is 2.13 bits per heavy atom. The zero-order chi connectivity index (χ0) is 17.2. The van der Waals surface area contributed by atoms with Crippen LogP contribution in [0.1, 0.15) is 19.8 Å². The Bertz CT molecular complexity index is 444. The van der Waals surface area contributed by atoms with Crippen molar-refractivity contribution in [2.45, 2.75) is 32.0 Å². The third kappa shape index (κ3) is 6.62. The molecule has 0 saturated heterocycles. The van der Waals surface area contributed by atoms with Crippen LogP contribution in [-0.4, -0.2) is 65.5 Å². The molecule has 6 N–H and O–H groups in total. The lowest BCUT2D eigenvalue weighted by molar-refractivity contribution is 0.0854. The molecule has 1 aromatic carbocycles. The molecular formula is C16H28N2O5. The quantitative estimate of drug-likeness (QED) is 0.362. The summed E-state index contributed by atoms with van der Waals surface area (Å²) in [6.45, 7) is 2.78. The number of rotatable bonds is 11. The second-order valence-electron chi connectivity index (χ2n) is 5.39. The van der Waals surface area contributed by atoms with Crippen molar-refractivity contribution in [1.29, 1.82) is 0 Å². The van der Waals surface area contributed by atoms with Gasteiger partial charge in [-0.3, -0.25) is 0 Å². The third-order valence-corrected chi connectivity index (χ3v) is 3.55. The van der Waals surface area contributed by atoms with Crippen LogP contribution in [0.2, 0.25) is 0 Å². The van der Waals surface area contributed by atoms with Gasteiger partial charge >= 0.3 is 0 Å². The predicted molar refractivity (Wildman–Crippen MR) is 89.7 cm³/mol. The summed E-state index contributed by atoms with van der Waals surface area (Å²) in [5, 5.41) is 37.0. The Hall–Kier alpha value is -1.54. The van der Waals surface area contributed by atoms with Crippen LogP contribution < -0.4 is 15.4 Å². The van der Waals surface area contributed by atoms with Crippen LogP contribution in [0, 0.1) is 0 Å². The molecule has 0 heterocycles. The van der Waals surface area contributed by atoms with Crippen LogP contribution in [0.5, 0.6) is 5.75 Å². The topological polar surface area (TPSA) is 119 Å². The number of aliphatic hydroxyl groups excluding tert-OH is 4. The molecule has 0 aliphatic heterocycles. The summed E-state index contributed by atoms with van der Waals surface area (Å²) in [5.74, 6) is 0.584. The second-order valence-corrected chi connectivity index (χ2v) is 5.39. The molecule has 0 saturated carbocycles. The Labute approximate surface area is 136 Å². The molecule has 132 valence electrons. The molecule has 7 heteroatoms. The fourth-order valence-electron chi connectivity index (χ4n) is 2.16. The summed E-state index contributed by atoms with van der Waals surface area (Å²) >= 11 is 0. The number of hydrogen-bond acceptors (Lipinski definition) is 7. The molecule has 1 rings (SSSR count). The Morgan fingerprint density at radius 2 is 1.65 bits per heavy atom. The van der Waals surface area contributed by atoms with E-state index in [-0.39, 0.29) is 13.2 Å². The Balaban J connectivity index is 2.86. The number of benzene rings is 1. The highest BCUT2D eigenvalue weighted by molar-refractivity contribution is 5.62. The molecular weight excluding hydrogens is 300 g/mol. The highest BCUT2D eigenvalue weighted by Crippen LogP contribution is 2.28. The van der Waals surface area contributed by atoms with E-state index in [1.165, 1.54) is 0 Å². The summed E-state index contributed by atoms with van der Waals surface area (Å²) in [6, 6.07) is 5.41. The summed E-state index contributed by atoms with van der Waals surface area (Å²) in [7, 11) is 0. The molecule has 0 aliphatic carbocycles. The first-order valence-corrected chi connectivity index (χ1v) is 7.86. The average molecular weight is 328 g/mol. The number of ether oxygens (including phenoxy) is 1. The first-order chi connectivity index (χ1) is 11.0. The standard InChI is InChI=1S/C16H28N2O5/c1-2-23-16-9-12(3-4-15(16)17)18(7-5-13(21)10-19)8-6-14(22)11-20/h3-4,9,13-14,19-22H,2,5-8,10-11,17H2,1H3. The van der Waals surface area contributed by atoms with Crippen molar-refractivity contribution in [3.05, 3.63) is 18.2 Å². The number of aliphatic hydroxyl groups is 4. The second kappa shape index (κ2) is 10.3. The van der Waals surface area contributed by atoms with E-state index >= 15 is 0 Å². The van der Waals surface area contributed by atoms with Crippen molar-refractivity contribution >= 4 is 11.4 Å². The molecule has 7 nitrogen and oxygen atoms in total. The van der Waals surface area contributed by atoms with Gasteiger partial charge in [-0.15, -0.1) is 0 Å². The number of hydrogen-bond donors (Lipinski definition) is 5. The number of nitrogens with zero attached hydrogens (tertiary/aromatic N) is 1. The van der Waals surface area contributed by atoms with Gasteiger partial charge in [-0.2, -0.15) is 0 Å². The van der Waals surface area contributed by atoms with Crippen LogP contribution in [0.4, 0.5) is 11.4 Å². The first kappa shape index (κ1) is 19.5. The molecule has 2 unspecified atom stereocenters. The van der Waals surface area contributed by atoms with E-state index in [0.717, 1.165) is 5.69 Å². The van der Waals surface area contributed by atoms with Gasteiger partial charge in [0.1, 0.15) is 5.75 Å².